The van der Waals surface area contributed by atoms with Gasteiger partial charge in [-0.05, 0) is 16.5 Å². The minimum absolute atomic E-state index is 0.118. The van der Waals surface area contributed by atoms with Gasteiger partial charge in [-0.3, -0.25) is 0 Å². The fraction of sp³-hybridized carbons (Fsp3) is 0.278. The Bertz CT molecular complexity index is 595. The molecule has 0 heterocycles. The molecule has 2 N–H and O–H groups in total. The van der Waals surface area contributed by atoms with Crippen molar-refractivity contribution < 1.29 is 5.21 Å². The summed E-state index contributed by atoms with van der Waals surface area (Å²) in [4.78, 5) is 0. The van der Waals surface area contributed by atoms with Crippen LogP contribution in [0.1, 0.15) is 37.5 Å². The largest absolute Gasteiger partial charge is 0.409 e. The molecule has 0 aliphatic heterocycles. The Labute approximate surface area is 126 Å². The van der Waals surface area contributed by atoms with E-state index in [9.17, 15) is 5.21 Å². The maximum atomic E-state index is 9.21. The van der Waals surface area contributed by atoms with Crippen molar-refractivity contribution in [3.63, 3.8) is 0 Å². The molecule has 0 saturated carbocycles. The quantitative estimate of drug-likeness (QED) is 0.388. The van der Waals surface area contributed by atoms with Crippen molar-refractivity contribution in [2.75, 3.05) is 0 Å². The van der Waals surface area contributed by atoms with Crippen molar-refractivity contribution in [2.45, 2.75) is 32.7 Å². The molecule has 0 atom stereocenters. The van der Waals surface area contributed by atoms with Crippen molar-refractivity contribution in [1.29, 1.82) is 0 Å². The third-order valence-corrected chi connectivity index (χ3v) is 3.43. The van der Waals surface area contributed by atoms with Gasteiger partial charge in [-0.15, -0.1) is 0 Å². The van der Waals surface area contributed by atoms with Gasteiger partial charge >= 0.3 is 0 Å². The van der Waals surface area contributed by atoms with E-state index < -0.39 is 0 Å². The Morgan fingerprint density at radius 3 is 2.14 bits per heavy atom. The molecule has 0 saturated heterocycles. The van der Waals surface area contributed by atoms with Gasteiger partial charge in [0.25, 0.3) is 0 Å². The van der Waals surface area contributed by atoms with Crippen molar-refractivity contribution >= 4 is 5.84 Å². The standard InChI is InChI=1S/C18H22N2O/c1-18(2,3)16-11-9-15(10-12-16)17(20-21)19-13-14-7-5-4-6-8-14/h4-12,21H,13H2,1-3H3,(H,19,20). The van der Waals surface area contributed by atoms with Crippen molar-refractivity contribution in [3.8, 4) is 0 Å². The van der Waals surface area contributed by atoms with Crippen LogP contribution in [0.3, 0.4) is 0 Å². The molecule has 2 rings (SSSR count). The lowest BCUT2D eigenvalue weighted by atomic mass is 9.86. The molecule has 3 heteroatoms. The monoisotopic (exact) mass is 282 g/mol. The first-order valence-corrected chi connectivity index (χ1v) is 7.11. The molecule has 0 bridgehead atoms. The molecule has 0 aliphatic carbocycles. The van der Waals surface area contributed by atoms with E-state index in [-0.39, 0.29) is 5.41 Å². The number of amidine groups is 1. The molecule has 0 radical (unpaired) electrons. The van der Waals surface area contributed by atoms with Gasteiger partial charge < -0.3 is 10.5 Å². The van der Waals surface area contributed by atoms with E-state index in [2.05, 4.69) is 43.4 Å². The molecule has 0 aromatic heterocycles. The molecular weight excluding hydrogens is 260 g/mol. The zero-order valence-electron chi connectivity index (χ0n) is 12.8. The molecule has 0 unspecified atom stereocenters. The summed E-state index contributed by atoms with van der Waals surface area (Å²) in [5, 5.41) is 15.7. The normalized spacial score (nSPS) is 12.2. The molecule has 0 amide bonds. The smallest absolute Gasteiger partial charge is 0.172 e. The third kappa shape index (κ3) is 4.09. The summed E-state index contributed by atoms with van der Waals surface area (Å²) in [6.07, 6.45) is 0. The maximum absolute atomic E-state index is 9.21. The zero-order valence-corrected chi connectivity index (χ0v) is 12.8. The molecular formula is C18H22N2O. The number of rotatable bonds is 3. The molecule has 21 heavy (non-hydrogen) atoms. The molecule has 2 aromatic carbocycles. The van der Waals surface area contributed by atoms with Gasteiger partial charge in [0.15, 0.2) is 5.84 Å². The van der Waals surface area contributed by atoms with Crippen LogP contribution in [0.15, 0.2) is 59.8 Å². The first kappa shape index (κ1) is 15.1. The van der Waals surface area contributed by atoms with Gasteiger partial charge in [-0.2, -0.15) is 0 Å². The molecule has 0 spiro atoms. The average molecular weight is 282 g/mol. The lowest BCUT2D eigenvalue weighted by Gasteiger charge is -2.19. The minimum Gasteiger partial charge on any atom is -0.409 e. The minimum atomic E-state index is 0.118. The second kappa shape index (κ2) is 6.44. The number of hydrogen-bond donors (Lipinski definition) is 2. The Hall–Kier alpha value is -2.29. The third-order valence-electron chi connectivity index (χ3n) is 3.43. The Kier molecular flexibility index (Phi) is 4.63. The van der Waals surface area contributed by atoms with E-state index in [4.69, 9.17) is 0 Å². The number of nitrogens with zero attached hydrogens (tertiary/aromatic N) is 1. The second-order valence-corrected chi connectivity index (χ2v) is 6.12. The van der Waals surface area contributed by atoms with E-state index >= 15 is 0 Å². The fourth-order valence-electron chi connectivity index (χ4n) is 2.10. The average Bonchev–Trinajstić information content (AvgIpc) is 2.48. The SMILES string of the molecule is CC(C)(C)c1ccc(/C(=N/O)NCc2ccccc2)cc1. The lowest BCUT2D eigenvalue weighted by molar-refractivity contribution is 0.317. The number of hydrogen-bond acceptors (Lipinski definition) is 2. The number of nitrogens with one attached hydrogen (secondary N) is 1. The van der Waals surface area contributed by atoms with Gasteiger partial charge in [-0.25, -0.2) is 0 Å². The van der Waals surface area contributed by atoms with Gasteiger partial charge in [0.05, 0.1) is 0 Å². The summed E-state index contributed by atoms with van der Waals surface area (Å²) in [5.41, 5.74) is 3.39. The highest BCUT2D eigenvalue weighted by atomic mass is 16.4. The predicted molar refractivity (Wildman–Crippen MR) is 86.7 cm³/mol. The summed E-state index contributed by atoms with van der Waals surface area (Å²) in [7, 11) is 0. The van der Waals surface area contributed by atoms with Crippen LogP contribution in [0.5, 0.6) is 0 Å². The summed E-state index contributed by atoms with van der Waals surface area (Å²) in [6.45, 7) is 7.16. The summed E-state index contributed by atoms with van der Waals surface area (Å²) < 4.78 is 0. The predicted octanol–water partition coefficient (Wildman–Crippen LogP) is 3.91. The zero-order chi connectivity index (χ0) is 15.3. The fourth-order valence-corrected chi connectivity index (χ4v) is 2.10. The van der Waals surface area contributed by atoms with Crippen LogP contribution in [0.4, 0.5) is 0 Å². The van der Waals surface area contributed by atoms with Crippen LogP contribution in [0, 0.1) is 0 Å². The van der Waals surface area contributed by atoms with Crippen LogP contribution in [0.2, 0.25) is 0 Å². The Morgan fingerprint density at radius 1 is 1.00 bits per heavy atom. The molecule has 0 fully saturated rings. The highest BCUT2D eigenvalue weighted by molar-refractivity contribution is 5.98. The highest BCUT2D eigenvalue weighted by Crippen LogP contribution is 2.22. The van der Waals surface area contributed by atoms with Crippen LogP contribution in [-0.4, -0.2) is 11.0 Å². The van der Waals surface area contributed by atoms with Crippen molar-refractivity contribution in [3.05, 3.63) is 71.3 Å². The Balaban J connectivity index is 2.08. The van der Waals surface area contributed by atoms with Gasteiger partial charge in [-0.1, -0.05) is 80.5 Å². The maximum Gasteiger partial charge on any atom is 0.172 e. The first-order chi connectivity index (χ1) is 10.0. The topological polar surface area (TPSA) is 44.6 Å². The van der Waals surface area contributed by atoms with E-state index in [1.807, 2.05) is 42.5 Å². The van der Waals surface area contributed by atoms with E-state index in [1.165, 1.54) is 5.56 Å². The molecule has 0 aliphatic rings. The van der Waals surface area contributed by atoms with Crippen molar-refractivity contribution in [2.24, 2.45) is 5.16 Å². The van der Waals surface area contributed by atoms with Crippen molar-refractivity contribution in [1.82, 2.24) is 5.32 Å². The summed E-state index contributed by atoms with van der Waals surface area (Å²) in [6, 6.07) is 18.1. The van der Waals surface area contributed by atoms with Crippen LogP contribution >= 0.6 is 0 Å². The Morgan fingerprint density at radius 2 is 1.62 bits per heavy atom. The highest BCUT2D eigenvalue weighted by Gasteiger charge is 2.13. The lowest BCUT2D eigenvalue weighted by Crippen LogP contribution is -2.24. The molecule has 110 valence electrons. The number of benzene rings is 2. The van der Waals surface area contributed by atoms with E-state index in [0.717, 1.165) is 11.1 Å². The van der Waals surface area contributed by atoms with Crippen LogP contribution in [-0.2, 0) is 12.0 Å². The van der Waals surface area contributed by atoms with Gasteiger partial charge in [0.1, 0.15) is 0 Å². The summed E-state index contributed by atoms with van der Waals surface area (Å²) >= 11 is 0. The number of oxime groups is 1. The molecule has 2 aromatic rings. The first-order valence-electron chi connectivity index (χ1n) is 7.11. The van der Waals surface area contributed by atoms with Gasteiger partial charge in [0.2, 0.25) is 0 Å². The molecule has 3 nitrogen and oxygen atoms in total. The van der Waals surface area contributed by atoms with Crippen LogP contribution in [0.25, 0.3) is 0 Å². The van der Waals surface area contributed by atoms with Crippen LogP contribution < -0.4 is 5.32 Å². The van der Waals surface area contributed by atoms with E-state index in [1.54, 1.807) is 0 Å². The summed E-state index contributed by atoms with van der Waals surface area (Å²) in [5.74, 6) is 0.485. The van der Waals surface area contributed by atoms with E-state index in [0.29, 0.717) is 12.4 Å². The second-order valence-electron chi connectivity index (χ2n) is 6.12. The van der Waals surface area contributed by atoms with Gasteiger partial charge in [0, 0.05) is 12.1 Å².